The molecule has 1 atom stereocenters. The van der Waals surface area contributed by atoms with E-state index in [0.717, 1.165) is 42.5 Å². The van der Waals surface area contributed by atoms with Gasteiger partial charge in [-0.2, -0.15) is 0 Å². The highest BCUT2D eigenvalue weighted by atomic mass is 28.4. The van der Waals surface area contributed by atoms with Crippen LogP contribution in [0.1, 0.15) is 44.0 Å². The summed E-state index contributed by atoms with van der Waals surface area (Å²) in [7, 11) is -0.281. The quantitative estimate of drug-likeness (QED) is 0.735. The fraction of sp³-hybridized carbons (Fsp3) is 0.545. The Balaban J connectivity index is 1.93. The summed E-state index contributed by atoms with van der Waals surface area (Å²) in [4.78, 5) is 18.7. The number of hydrogen-bond donors (Lipinski definition) is 1. The minimum Gasteiger partial charge on any atom is -0.496 e. The first-order valence-corrected chi connectivity index (χ1v) is 13.1. The van der Waals surface area contributed by atoms with Crippen molar-refractivity contribution in [2.75, 3.05) is 25.1 Å². The average molecular weight is 416 g/mol. The Hall–Kier alpha value is -2.12. The first-order chi connectivity index (χ1) is 13.5. The highest BCUT2D eigenvalue weighted by Crippen LogP contribution is 2.39. The Kier molecular flexibility index (Phi) is 5.92. The fourth-order valence-corrected chi connectivity index (χ4v) is 5.00. The van der Waals surface area contributed by atoms with Crippen molar-refractivity contribution >= 4 is 30.8 Å². The third-order valence-electron chi connectivity index (χ3n) is 6.27. The molecule has 3 rings (SSSR count). The van der Waals surface area contributed by atoms with E-state index in [-0.39, 0.29) is 11.1 Å². The Morgan fingerprint density at radius 1 is 1.31 bits per heavy atom. The number of carbonyl (C=O) groups is 1. The summed E-state index contributed by atoms with van der Waals surface area (Å²) in [6.07, 6.45) is 4.12. The molecule has 29 heavy (non-hydrogen) atoms. The van der Waals surface area contributed by atoms with Crippen LogP contribution in [0, 0.1) is 0 Å². The van der Waals surface area contributed by atoms with Crippen LogP contribution in [-0.4, -0.2) is 45.5 Å². The van der Waals surface area contributed by atoms with Gasteiger partial charge in [0.25, 0.3) is 5.91 Å². The zero-order chi connectivity index (χ0) is 21.4. The smallest absolute Gasteiger partial charge is 0.252 e. The molecular weight excluding hydrogens is 382 g/mol. The Labute approximate surface area is 174 Å². The maximum atomic E-state index is 11.8. The second-order valence-corrected chi connectivity index (χ2v) is 14.1. The number of aromatic nitrogens is 1. The Bertz CT molecular complexity index is 908. The number of nitrogens with two attached hydrogens (primary N) is 1. The predicted octanol–water partition coefficient (Wildman–Crippen LogP) is 4.33. The maximum absolute atomic E-state index is 11.8. The molecule has 1 aromatic carbocycles. The number of anilines is 1. The van der Waals surface area contributed by atoms with Crippen LogP contribution in [0.25, 0.3) is 10.8 Å². The van der Waals surface area contributed by atoms with Crippen LogP contribution in [0.15, 0.2) is 24.4 Å². The van der Waals surface area contributed by atoms with E-state index in [1.54, 1.807) is 19.4 Å². The molecule has 1 saturated heterocycles. The van der Waals surface area contributed by atoms with Crippen LogP contribution in [-0.2, 0) is 4.43 Å². The lowest BCUT2D eigenvalue weighted by Crippen LogP contribution is -2.49. The Morgan fingerprint density at radius 3 is 2.66 bits per heavy atom. The van der Waals surface area contributed by atoms with Crippen molar-refractivity contribution in [2.24, 2.45) is 5.73 Å². The minimum atomic E-state index is -1.83. The van der Waals surface area contributed by atoms with Gasteiger partial charge in [0.05, 0.1) is 18.8 Å². The second-order valence-electron chi connectivity index (χ2n) is 9.36. The number of ether oxygens (including phenoxy) is 1. The Morgan fingerprint density at radius 2 is 2.03 bits per heavy atom. The van der Waals surface area contributed by atoms with E-state index >= 15 is 0 Å². The molecule has 1 aliphatic heterocycles. The van der Waals surface area contributed by atoms with Crippen molar-refractivity contribution < 1.29 is 14.0 Å². The van der Waals surface area contributed by atoms with E-state index < -0.39 is 14.2 Å². The van der Waals surface area contributed by atoms with Gasteiger partial charge < -0.3 is 19.8 Å². The molecule has 0 saturated carbocycles. The molecule has 2 heterocycles. The summed E-state index contributed by atoms with van der Waals surface area (Å²) in [6, 6.07) is 5.56. The van der Waals surface area contributed by atoms with Gasteiger partial charge in [-0.05, 0) is 54.6 Å². The van der Waals surface area contributed by atoms with Crippen molar-refractivity contribution in [3.8, 4) is 5.75 Å². The van der Waals surface area contributed by atoms with Crippen LogP contribution in [0.3, 0.4) is 0 Å². The molecular formula is C22H33N3O3Si. The molecule has 1 aliphatic rings. The van der Waals surface area contributed by atoms with Crippen LogP contribution < -0.4 is 15.4 Å². The van der Waals surface area contributed by atoms with E-state index in [4.69, 9.17) is 14.9 Å². The molecule has 1 unspecified atom stereocenters. The third-order valence-corrected chi connectivity index (χ3v) is 10.8. The van der Waals surface area contributed by atoms with Crippen molar-refractivity contribution in [1.29, 1.82) is 0 Å². The number of hydrogen-bond acceptors (Lipinski definition) is 5. The van der Waals surface area contributed by atoms with Gasteiger partial charge in [0.15, 0.2) is 8.32 Å². The summed E-state index contributed by atoms with van der Waals surface area (Å²) < 4.78 is 12.1. The molecule has 1 aromatic heterocycles. The zero-order valence-electron chi connectivity index (χ0n) is 18.4. The third kappa shape index (κ3) is 4.40. The molecule has 0 spiro atoms. The highest BCUT2D eigenvalue weighted by molar-refractivity contribution is 6.74. The van der Waals surface area contributed by atoms with Gasteiger partial charge >= 0.3 is 0 Å². The summed E-state index contributed by atoms with van der Waals surface area (Å²) in [5.41, 5.74) is 5.90. The monoisotopic (exact) mass is 415 g/mol. The van der Waals surface area contributed by atoms with Crippen molar-refractivity contribution in [1.82, 2.24) is 4.98 Å². The number of fused-ring (bicyclic) bond motifs is 1. The highest BCUT2D eigenvalue weighted by Gasteiger charge is 2.40. The maximum Gasteiger partial charge on any atom is 0.252 e. The molecule has 0 bridgehead atoms. The van der Waals surface area contributed by atoms with Gasteiger partial charge in [0.1, 0.15) is 11.6 Å². The number of benzene rings is 1. The van der Waals surface area contributed by atoms with Crippen molar-refractivity contribution in [2.45, 2.75) is 57.8 Å². The van der Waals surface area contributed by atoms with Gasteiger partial charge in [-0.3, -0.25) is 4.79 Å². The minimum absolute atomic E-state index is 0.186. The van der Waals surface area contributed by atoms with E-state index in [2.05, 4.69) is 43.7 Å². The van der Waals surface area contributed by atoms with E-state index in [9.17, 15) is 4.79 Å². The van der Waals surface area contributed by atoms with Gasteiger partial charge in [-0.1, -0.05) is 20.8 Å². The number of piperidine rings is 1. The lowest BCUT2D eigenvalue weighted by molar-refractivity contribution is 0.0997. The van der Waals surface area contributed by atoms with Crippen LogP contribution in [0.4, 0.5) is 5.82 Å². The van der Waals surface area contributed by atoms with E-state index in [0.29, 0.717) is 11.3 Å². The molecule has 2 N–H and O–H groups in total. The molecule has 1 fully saturated rings. The second kappa shape index (κ2) is 7.95. The molecule has 7 heteroatoms. The molecule has 158 valence electrons. The lowest BCUT2D eigenvalue weighted by atomic mass is 10.0. The summed E-state index contributed by atoms with van der Waals surface area (Å²) in [5.74, 6) is 0.883. The van der Waals surface area contributed by atoms with Gasteiger partial charge in [-0.15, -0.1) is 0 Å². The van der Waals surface area contributed by atoms with Crippen LogP contribution in [0.2, 0.25) is 18.1 Å². The number of amides is 1. The molecule has 1 amide bonds. The summed E-state index contributed by atoms with van der Waals surface area (Å²) in [5, 5.41) is 2.07. The topological polar surface area (TPSA) is 77.7 Å². The number of methoxy groups -OCH3 is 1. The lowest BCUT2D eigenvalue weighted by Gasteiger charge is -2.42. The van der Waals surface area contributed by atoms with Crippen LogP contribution in [0.5, 0.6) is 5.75 Å². The summed E-state index contributed by atoms with van der Waals surface area (Å²) in [6.45, 7) is 13.2. The SMILES string of the molecule is COc1cc2c(N3CCCC(O[Si](C)(C)C(C)(C)C)C3)nccc2cc1C(N)=O. The zero-order valence-corrected chi connectivity index (χ0v) is 19.4. The molecule has 6 nitrogen and oxygen atoms in total. The number of rotatable bonds is 5. The van der Waals surface area contributed by atoms with Gasteiger partial charge in [0, 0.05) is 24.7 Å². The first-order valence-electron chi connectivity index (χ1n) is 10.2. The number of carbonyl (C=O) groups excluding carboxylic acids is 1. The fourth-order valence-electron chi connectivity index (χ4n) is 3.62. The predicted molar refractivity (Wildman–Crippen MR) is 120 cm³/mol. The van der Waals surface area contributed by atoms with Gasteiger partial charge in [-0.25, -0.2) is 4.98 Å². The number of nitrogens with zero attached hydrogens (tertiary/aromatic N) is 2. The largest absolute Gasteiger partial charge is 0.496 e. The number of pyridine rings is 1. The van der Waals surface area contributed by atoms with Crippen LogP contribution >= 0.6 is 0 Å². The van der Waals surface area contributed by atoms with E-state index in [1.807, 2.05) is 12.1 Å². The van der Waals surface area contributed by atoms with Crippen molar-refractivity contribution in [3.05, 3.63) is 30.0 Å². The standard InChI is InChI=1S/C22H33N3O3Si/c1-22(2,3)29(5,6)28-16-8-7-11-25(14-16)21-17-13-19(27-4)18(20(23)26)12-15(17)9-10-24-21/h9-10,12-13,16H,7-8,11,14H2,1-6H3,(H2,23,26). The number of primary amides is 1. The average Bonchev–Trinajstić information content (AvgIpc) is 2.65. The van der Waals surface area contributed by atoms with Crippen molar-refractivity contribution in [3.63, 3.8) is 0 Å². The molecule has 2 aromatic rings. The molecule has 0 aliphatic carbocycles. The first kappa shape index (κ1) is 21.6. The van der Waals surface area contributed by atoms with E-state index in [1.165, 1.54) is 0 Å². The normalized spacial score (nSPS) is 18.1. The molecule has 0 radical (unpaired) electrons. The van der Waals surface area contributed by atoms with Gasteiger partial charge in [0.2, 0.25) is 0 Å². The summed E-state index contributed by atoms with van der Waals surface area (Å²) >= 11 is 0.